The molecule has 5 heteroatoms. The summed E-state index contributed by atoms with van der Waals surface area (Å²) in [5.74, 6) is 1.12. The molecular formula is C15H17FN2O2. The number of carboxylic acids is 1. The van der Waals surface area contributed by atoms with Crippen molar-refractivity contribution in [3.05, 3.63) is 29.6 Å². The Labute approximate surface area is 117 Å². The minimum absolute atomic E-state index is 0.0821. The van der Waals surface area contributed by atoms with Crippen molar-refractivity contribution < 1.29 is 14.3 Å². The molecule has 1 aliphatic rings. The number of halogens is 1. The summed E-state index contributed by atoms with van der Waals surface area (Å²) in [5.41, 5.74) is 0.332. The lowest BCUT2D eigenvalue weighted by Gasteiger charge is -2.31. The van der Waals surface area contributed by atoms with E-state index in [4.69, 9.17) is 11.5 Å². The Morgan fingerprint density at radius 1 is 1.50 bits per heavy atom. The van der Waals surface area contributed by atoms with E-state index < -0.39 is 11.8 Å². The van der Waals surface area contributed by atoms with Gasteiger partial charge < -0.3 is 10.4 Å². The van der Waals surface area contributed by atoms with Crippen molar-refractivity contribution in [2.24, 2.45) is 0 Å². The van der Waals surface area contributed by atoms with Gasteiger partial charge in [0.2, 0.25) is 0 Å². The average molecular weight is 276 g/mol. The maximum Gasteiger partial charge on any atom is 0.335 e. The van der Waals surface area contributed by atoms with Crippen LogP contribution in [-0.4, -0.2) is 41.7 Å². The van der Waals surface area contributed by atoms with Crippen molar-refractivity contribution in [3.8, 4) is 12.3 Å². The van der Waals surface area contributed by atoms with Crippen LogP contribution in [0.2, 0.25) is 0 Å². The van der Waals surface area contributed by atoms with E-state index in [2.05, 4.69) is 16.1 Å². The second kappa shape index (κ2) is 6.40. The zero-order valence-corrected chi connectivity index (χ0v) is 11.1. The summed E-state index contributed by atoms with van der Waals surface area (Å²) in [5, 5.41) is 12.0. The Hall–Kier alpha value is -2.06. The standard InChI is InChI=1S/C15H17FN2O2/c1-2-7-18-8-5-12(6-9-18)17-14-10-11(15(19)20)3-4-13(14)16/h1,3-4,10,12,17H,5-9H2,(H,19,20). The Morgan fingerprint density at radius 2 is 2.20 bits per heavy atom. The molecule has 0 aliphatic carbocycles. The molecule has 0 amide bonds. The van der Waals surface area contributed by atoms with E-state index in [0.717, 1.165) is 25.9 Å². The molecule has 0 spiro atoms. The smallest absolute Gasteiger partial charge is 0.335 e. The quantitative estimate of drug-likeness (QED) is 0.826. The Morgan fingerprint density at radius 3 is 2.80 bits per heavy atom. The molecule has 1 heterocycles. The van der Waals surface area contributed by atoms with Gasteiger partial charge >= 0.3 is 5.97 Å². The lowest BCUT2D eigenvalue weighted by molar-refractivity contribution is 0.0697. The molecule has 2 rings (SSSR count). The SMILES string of the molecule is C#CCN1CCC(Nc2cc(C(=O)O)ccc2F)CC1. The molecule has 106 valence electrons. The maximum atomic E-state index is 13.7. The molecule has 0 radical (unpaired) electrons. The minimum Gasteiger partial charge on any atom is -0.478 e. The van der Waals surface area contributed by atoms with E-state index in [1.54, 1.807) is 0 Å². The molecular weight excluding hydrogens is 259 g/mol. The van der Waals surface area contributed by atoms with Gasteiger partial charge in [-0.3, -0.25) is 4.90 Å². The van der Waals surface area contributed by atoms with Gasteiger partial charge in [-0.25, -0.2) is 9.18 Å². The molecule has 1 aromatic rings. The van der Waals surface area contributed by atoms with Crippen LogP contribution in [0, 0.1) is 18.2 Å². The fraction of sp³-hybridized carbons (Fsp3) is 0.400. The third-order valence-electron chi connectivity index (χ3n) is 3.48. The number of likely N-dealkylation sites (tertiary alicyclic amines) is 1. The van der Waals surface area contributed by atoms with Crippen LogP contribution in [0.3, 0.4) is 0 Å². The van der Waals surface area contributed by atoms with Crippen molar-refractivity contribution in [2.45, 2.75) is 18.9 Å². The van der Waals surface area contributed by atoms with Crippen molar-refractivity contribution >= 4 is 11.7 Å². The highest BCUT2D eigenvalue weighted by Gasteiger charge is 2.19. The number of hydrogen-bond donors (Lipinski definition) is 2. The van der Waals surface area contributed by atoms with Gasteiger partial charge in [-0.1, -0.05) is 5.92 Å². The summed E-state index contributed by atoms with van der Waals surface area (Å²) in [6.45, 7) is 2.36. The summed E-state index contributed by atoms with van der Waals surface area (Å²) in [6.07, 6.45) is 6.99. The summed E-state index contributed by atoms with van der Waals surface area (Å²) in [6, 6.07) is 3.92. The molecule has 4 nitrogen and oxygen atoms in total. The van der Waals surface area contributed by atoms with E-state index in [-0.39, 0.29) is 17.3 Å². The van der Waals surface area contributed by atoms with Crippen molar-refractivity contribution in [1.29, 1.82) is 0 Å². The van der Waals surface area contributed by atoms with Crippen LogP contribution in [0.15, 0.2) is 18.2 Å². The van der Waals surface area contributed by atoms with E-state index in [0.29, 0.717) is 6.54 Å². The normalized spacial score (nSPS) is 16.6. The number of terminal acetylenes is 1. The predicted octanol–water partition coefficient (Wildman–Crippen LogP) is 2.03. The van der Waals surface area contributed by atoms with Crippen LogP contribution in [-0.2, 0) is 0 Å². The molecule has 0 saturated carbocycles. The minimum atomic E-state index is -1.06. The molecule has 20 heavy (non-hydrogen) atoms. The Balaban J connectivity index is 1.99. The van der Waals surface area contributed by atoms with Crippen LogP contribution in [0.4, 0.5) is 10.1 Å². The number of hydrogen-bond acceptors (Lipinski definition) is 3. The number of piperidine rings is 1. The van der Waals surface area contributed by atoms with Crippen LogP contribution in [0.1, 0.15) is 23.2 Å². The van der Waals surface area contributed by atoms with Gasteiger partial charge in [-0.15, -0.1) is 6.42 Å². The summed E-state index contributed by atoms with van der Waals surface area (Å²) >= 11 is 0. The van der Waals surface area contributed by atoms with Crippen molar-refractivity contribution in [1.82, 2.24) is 4.90 Å². The number of carbonyl (C=O) groups is 1. The summed E-state index contributed by atoms with van der Waals surface area (Å²) in [7, 11) is 0. The second-order valence-electron chi connectivity index (χ2n) is 4.90. The number of nitrogens with one attached hydrogen (secondary N) is 1. The monoisotopic (exact) mass is 276 g/mol. The highest BCUT2D eigenvalue weighted by molar-refractivity contribution is 5.88. The number of rotatable bonds is 4. The van der Waals surface area contributed by atoms with Gasteiger partial charge in [0.1, 0.15) is 5.82 Å². The summed E-state index contributed by atoms with van der Waals surface area (Å²) < 4.78 is 13.7. The van der Waals surface area contributed by atoms with Crippen LogP contribution in [0.5, 0.6) is 0 Å². The third-order valence-corrected chi connectivity index (χ3v) is 3.48. The fourth-order valence-electron chi connectivity index (χ4n) is 2.35. The fourth-order valence-corrected chi connectivity index (χ4v) is 2.35. The lowest BCUT2D eigenvalue weighted by atomic mass is 10.0. The Kier molecular flexibility index (Phi) is 4.59. The third kappa shape index (κ3) is 3.49. The van der Waals surface area contributed by atoms with E-state index in [1.165, 1.54) is 18.2 Å². The highest BCUT2D eigenvalue weighted by atomic mass is 19.1. The molecule has 1 aliphatic heterocycles. The first-order chi connectivity index (χ1) is 9.60. The Bertz CT molecular complexity index is 531. The number of benzene rings is 1. The van der Waals surface area contributed by atoms with E-state index >= 15 is 0 Å². The molecule has 1 saturated heterocycles. The number of aromatic carboxylic acids is 1. The molecule has 1 fully saturated rings. The zero-order valence-electron chi connectivity index (χ0n) is 11.1. The van der Waals surface area contributed by atoms with Gasteiger partial charge in [0.15, 0.2) is 0 Å². The average Bonchev–Trinajstić information content (AvgIpc) is 2.43. The number of nitrogens with zero attached hydrogens (tertiary/aromatic N) is 1. The first-order valence-corrected chi connectivity index (χ1v) is 6.55. The van der Waals surface area contributed by atoms with Gasteiger partial charge in [0, 0.05) is 19.1 Å². The van der Waals surface area contributed by atoms with Crippen molar-refractivity contribution in [3.63, 3.8) is 0 Å². The zero-order chi connectivity index (χ0) is 14.5. The van der Waals surface area contributed by atoms with Crippen LogP contribution >= 0.6 is 0 Å². The molecule has 0 bridgehead atoms. The number of anilines is 1. The predicted molar refractivity (Wildman–Crippen MR) is 75.3 cm³/mol. The molecule has 0 atom stereocenters. The number of carboxylic acid groups (broad SMARTS) is 1. The summed E-state index contributed by atoms with van der Waals surface area (Å²) in [4.78, 5) is 13.1. The molecule has 0 aromatic heterocycles. The largest absolute Gasteiger partial charge is 0.478 e. The molecule has 1 aromatic carbocycles. The van der Waals surface area contributed by atoms with Gasteiger partial charge in [-0.05, 0) is 31.0 Å². The topological polar surface area (TPSA) is 52.6 Å². The van der Waals surface area contributed by atoms with Crippen molar-refractivity contribution in [2.75, 3.05) is 25.0 Å². The van der Waals surface area contributed by atoms with E-state index in [9.17, 15) is 9.18 Å². The van der Waals surface area contributed by atoms with Crippen LogP contribution in [0.25, 0.3) is 0 Å². The highest BCUT2D eigenvalue weighted by Crippen LogP contribution is 2.21. The maximum absolute atomic E-state index is 13.7. The van der Waals surface area contributed by atoms with Crippen LogP contribution < -0.4 is 5.32 Å². The first-order valence-electron chi connectivity index (χ1n) is 6.55. The molecule has 2 N–H and O–H groups in total. The first kappa shape index (κ1) is 14.4. The molecule has 0 unspecified atom stereocenters. The van der Waals surface area contributed by atoms with Gasteiger partial charge in [0.25, 0.3) is 0 Å². The lowest BCUT2D eigenvalue weighted by Crippen LogP contribution is -2.39. The van der Waals surface area contributed by atoms with E-state index in [1.807, 2.05) is 0 Å². The van der Waals surface area contributed by atoms with Gasteiger partial charge in [0.05, 0.1) is 17.8 Å². The van der Waals surface area contributed by atoms with Gasteiger partial charge in [-0.2, -0.15) is 0 Å². The second-order valence-corrected chi connectivity index (χ2v) is 4.90.